The van der Waals surface area contributed by atoms with E-state index in [1.54, 1.807) is 43.0 Å². The van der Waals surface area contributed by atoms with Gasteiger partial charge in [0.15, 0.2) is 6.10 Å². The van der Waals surface area contributed by atoms with Crippen molar-refractivity contribution in [2.75, 3.05) is 7.11 Å². The summed E-state index contributed by atoms with van der Waals surface area (Å²) in [5.41, 5.74) is 4.14. The maximum atomic E-state index is 12.8. The monoisotopic (exact) mass is 509 g/mol. The number of nitrogens with one attached hydrogen (secondary N) is 1. The quantitative estimate of drug-likeness (QED) is 0.305. The van der Waals surface area contributed by atoms with Crippen molar-refractivity contribution in [1.29, 1.82) is 0 Å². The van der Waals surface area contributed by atoms with Crippen molar-refractivity contribution < 1.29 is 14.3 Å². The molecule has 1 heterocycles. The maximum absolute atomic E-state index is 12.8. The van der Waals surface area contributed by atoms with Crippen LogP contribution in [0.4, 0.5) is 0 Å². The Labute approximate surface area is 214 Å². The number of nitrogens with zero attached hydrogens (tertiary/aromatic N) is 2. The van der Waals surface area contributed by atoms with Gasteiger partial charge in [-0.1, -0.05) is 41.4 Å². The Morgan fingerprint density at radius 2 is 1.83 bits per heavy atom. The molecule has 0 aliphatic carbocycles. The summed E-state index contributed by atoms with van der Waals surface area (Å²) in [4.78, 5) is 12.8. The zero-order chi connectivity index (χ0) is 24.9. The van der Waals surface area contributed by atoms with Crippen molar-refractivity contribution in [2.24, 2.45) is 0 Å². The summed E-state index contributed by atoms with van der Waals surface area (Å²) in [7, 11) is 1.57. The van der Waals surface area contributed by atoms with Crippen molar-refractivity contribution in [1.82, 2.24) is 15.1 Å². The van der Waals surface area contributed by atoms with Gasteiger partial charge in [0.1, 0.15) is 11.5 Å². The van der Waals surface area contributed by atoms with Gasteiger partial charge in [-0.3, -0.25) is 4.79 Å². The Morgan fingerprint density at radius 1 is 1.06 bits per heavy atom. The van der Waals surface area contributed by atoms with Crippen LogP contribution in [-0.4, -0.2) is 28.9 Å². The average molecular weight is 510 g/mol. The summed E-state index contributed by atoms with van der Waals surface area (Å²) in [5.74, 6) is 0.917. The van der Waals surface area contributed by atoms with E-state index in [2.05, 4.69) is 5.32 Å². The molecule has 0 saturated heterocycles. The molecule has 35 heavy (non-hydrogen) atoms. The number of carbonyl (C=O) groups excluding carboxylic acids is 1. The first-order valence-electron chi connectivity index (χ1n) is 11.0. The number of carbonyl (C=O) groups is 1. The van der Waals surface area contributed by atoms with Crippen LogP contribution in [0.25, 0.3) is 16.9 Å². The highest BCUT2D eigenvalue weighted by molar-refractivity contribution is 6.32. The zero-order valence-corrected chi connectivity index (χ0v) is 21.1. The molecule has 4 rings (SSSR count). The molecular formula is C27H25Cl2N3O3. The van der Waals surface area contributed by atoms with Crippen LogP contribution in [0.2, 0.25) is 10.0 Å². The fourth-order valence-electron chi connectivity index (χ4n) is 3.58. The molecule has 6 nitrogen and oxygen atoms in total. The lowest BCUT2D eigenvalue weighted by atomic mass is 10.1. The molecule has 0 bridgehead atoms. The predicted octanol–water partition coefficient (Wildman–Crippen LogP) is 6.25. The summed E-state index contributed by atoms with van der Waals surface area (Å²) in [6.07, 6.45) is 1.20. The van der Waals surface area contributed by atoms with Crippen LogP contribution in [-0.2, 0) is 11.3 Å². The largest absolute Gasteiger partial charge is 0.495 e. The number of para-hydroxylation sites is 1. The number of halogens is 2. The first-order chi connectivity index (χ1) is 16.9. The number of amides is 1. The molecule has 0 saturated carbocycles. The lowest BCUT2D eigenvalue weighted by Gasteiger charge is -2.15. The highest BCUT2D eigenvalue weighted by atomic mass is 35.5. The topological polar surface area (TPSA) is 65.4 Å². The molecule has 0 aliphatic rings. The van der Waals surface area contributed by atoms with Crippen molar-refractivity contribution in [2.45, 2.75) is 26.5 Å². The number of rotatable bonds is 8. The van der Waals surface area contributed by atoms with E-state index in [0.29, 0.717) is 27.2 Å². The molecule has 180 valence electrons. The third-order valence-corrected chi connectivity index (χ3v) is 6.22. The van der Waals surface area contributed by atoms with Gasteiger partial charge in [-0.15, -0.1) is 0 Å². The second-order valence-corrected chi connectivity index (χ2v) is 8.84. The van der Waals surface area contributed by atoms with E-state index in [-0.39, 0.29) is 12.5 Å². The molecule has 1 atom stereocenters. The van der Waals surface area contributed by atoms with E-state index in [0.717, 1.165) is 22.4 Å². The molecule has 3 aromatic carbocycles. The van der Waals surface area contributed by atoms with Crippen molar-refractivity contribution in [3.63, 3.8) is 0 Å². The molecule has 1 unspecified atom stereocenters. The number of benzene rings is 3. The lowest BCUT2D eigenvalue weighted by Crippen LogP contribution is -2.35. The van der Waals surface area contributed by atoms with E-state index < -0.39 is 6.10 Å². The van der Waals surface area contributed by atoms with Gasteiger partial charge in [-0.25, -0.2) is 4.68 Å². The minimum atomic E-state index is -0.696. The maximum Gasteiger partial charge on any atom is 0.261 e. The number of ether oxygens (including phenoxy) is 2. The standard InChI is InChI=1S/C27H25Cl2N3O3/c1-17-13-22(10-11-23(17)28)35-18(2)27(33)30-15-20-16-32(21-7-5-4-6-8-21)31-26(20)19-9-12-25(34-3)24(29)14-19/h4-14,16,18H,15H2,1-3H3,(H,30,33). The first-order valence-corrected chi connectivity index (χ1v) is 11.8. The smallest absolute Gasteiger partial charge is 0.261 e. The molecule has 0 aliphatic heterocycles. The molecule has 1 N–H and O–H groups in total. The van der Waals surface area contributed by atoms with Crippen LogP contribution in [0.5, 0.6) is 11.5 Å². The van der Waals surface area contributed by atoms with Gasteiger partial charge >= 0.3 is 0 Å². The van der Waals surface area contributed by atoms with Crippen molar-refractivity contribution in [3.05, 3.63) is 94.1 Å². The van der Waals surface area contributed by atoms with Gasteiger partial charge in [-0.2, -0.15) is 5.10 Å². The molecule has 1 aromatic heterocycles. The van der Waals surface area contributed by atoms with E-state index in [1.165, 1.54) is 0 Å². The highest BCUT2D eigenvalue weighted by Gasteiger charge is 2.18. The van der Waals surface area contributed by atoms with Gasteiger partial charge < -0.3 is 14.8 Å². The number of methoxy groups -OCH3 is 1. The fourth-order valence-corrected chi connectivity index (χ4v) is 3.96. The number of aryl methyl sites for hydroxylation is 1. The minimum absolute atomic E-state index is 0.247. The van der Waals surface area contributed by atoms with Gasteiger partial charge in [0, 0.05) is 28.9 Å². The molecule has 4 aromatic rings. The molecule has 0 spiro atoms. The van der Waals surface area contributed by atoms with Crippen LogP contribution < -0.4 is 14.8 Å². The minimum Gasteiger partial charge on any atom is -0.495 e. The SMILES string of the molecule is COc1ccc(-c2nn(-c3ccccc3)cc2CNC(=O)C(C)Oc2ccc(Cl)c(C)c2)cc1Cl. The molecule has 8 heteroatoms. The van der Waals surface area contributed by atoms with Crippen molar-refractivity contribution in [3.8, 4) is 28.4 Å². The third kappa shape index (κ3) is 5.78. The van der Waals surface area contributed by atoms with E-state index in [4.69, 9.17) is 37.8 Å². The molecule has 0 fully saturated rings. The van der Waals surface area contributed by atoms with Gasteiger partial charge in [0.05, 0.1) is 23.5 Å². The molecular weight excluding hydrogens is 485 g/mol. The Balaban J connectivity index is 1.55. The molecule has 1 amide bonds. The zero-order valence-electron chi connectivity index (χ0n) is 19.6. The summed E-state index contributed by atoms with van der Waals surface area (Å²) >= 11 is 12.4. The summed E-state index contributed by atoms with van der Waals surface area (Å²) in [6.45, 7) is 3.85. The fraction of sp³-hybridized carbons (Fsp3) is 0.185. The van der Waals surface area contributed by atoms with Gasteiger partial charge in [0.2, 0.25) is 0 Å². The first kappa shape index (κ1) is 24.6. The molecule has 0 radical (unpaired) electrons. The van der Waals surface area contributed by atoms with E-state index in [1.807, 2.05) is 55.6 Å². The summed E-state index contributed by atoms with van der Waals surface area (Å²) < 4.78 is 12.9. The van der Waals surface area contributed by atoms with Crippen LogP contribution in [0.3, 0.4) is 0 Å². The summed E-state index contributed by atoms with van der Waals surface area (Å²) in [5, 5.41) is 8.86. The Kier molecular flexibility index (Phi) is 7.63. The third-order valence-electron chi connectivity index (χ3n) is 5.50. The van der Waals surface area contributed by atoms with Crippen LogP contribution in [0.1, 0.15) is 18.1 Å². The highest BCUT2D eigenvalue weighted by Crippen LogP contribution is 2.31. The van der Waals surface area contributed by atoms with Gasteiger partial charge in [0.25, 0.3) is 5.91 Å². The van der Waals surface area contributed by atoms with Crippen LogP contribution >= 0.6 is 23.2 Å². The number of hydrogen-bond acceptors (Lipinski definition) is 4. The Morgan fingerprint density at radius 3 is 2.51 bits per heavy atom. The Hall–Kier alpha value is -3.48. The summed E-state index contributed by atoms with van der Waals surface area (Å²) in [6, 6.07) is 20.6. The van der Waals surface area contributed by atoms with Crippen LogP contribution in [0, 0.1) is 6.92 Å². The van der Waals surface area contributed by atoms with E-state index >= 15 is 0 Å². The lowest BCUT2D eigenvalue weighted by molar-refractivity contribution is -0.127. The number of aromatic nitrogens is 2. The second kappa shape index (κ2) is 10.8. The van der Waals surface area contributed by atoms with E-state index in [9.17, 15) is 4.79 Å². The number of hydrogen-bond donors (Lipinski definition) is 1. The average Bonchev–Trinajstić information content (AvgIpc) is 3.29. The van der Waals surface area contributed by atoms with Crippen molar-refractivity contribution >= 4 is 29.1 Å². The Bertz CT molecular complexity index is 1340. The predicted molar refractivity (Wildman–Crippen MR) is 139 cm³/mol. The van der Waals surface area contributed by atoms with Crippen LogP contribution in [0.15, 0.2) is 72.9 Å². The van der Waals surface area contributed by atoms with Gasteiger partial charge in [-0.05, 0) is 67.9 Å². The second-order valence-electron chi connectivity index (χ2n) is 8.02. The normalized spacial score (nSPS) is 11.7.